The van der Waals surface area contributed by atoms with E-state index in [1.54, 1.807) is 0 Å². The van der Waals surface area contributed by atoms with Gasteiger partial charge in [0.15, 0.2) is 25.0 Å². The fourth-order valence-electron chi connectivity index (χ4n) is 3.81. The normalized spacial score (nSPS) is 50.9. The number of carboxylic acids is 1. The number of aliphatic hydroxyl groups excluding tert-OH is 9. The first-order valence-corrected chi connectivity index (χ1v) is 10.00. The molecule has 0 bridgehead atoms. The highest BCUT2D eigenvalue weighted by atomic mass is 16.8. The molecule has 0 aromatic rings. The van der Waals surface area contributed by atoms with E-state index in [4.69, 9.17) is 23.7 Å². The van der Waals surface area contributed by atoms with Crippen molar-refractivity contribution in [2.24, 2.45) is 0 Å². The van der Waals surface area contributed by atoms with E-state index in [-0.39, 0.29) is 0 Å². The van der Waals surface area contributed by atoms with E-state index >= 15 is 0 Å². The quantitative estimate of drug-likeness (QED) is 0.159. The molecule has 0 amide bonds. The second kappa shape index (κ2) is 10.7. The van der Waals surface area contributed by atoms with Crippen molar-refractivity contribution in [3.63, 3.8) is 0 Å². The van der Waals surface area contributed by atoms with Crippen molar-refractivity contribution in [2.45, 2.75) is 86.0 Å². The van der Waals surface area contributed by atoms with E-state index in [1.165, 1.54) is 0 Å². The van der Waals surface area contributed by atoms with Gasteiger partial charge in [0.1, 0.15) is 61.0 Å². The van der Waals surface area contributed by atoms with Gasteiger partial charge in [0.05, 0.1) is 13.2 Å². The monoisotopic (exact) mass is 488 g/mol. The van der Waals surface area contributed by atoms with Crippen LogP contribution >= 0.6 is 0 Å². The number of hydrogen-bond donors (Lipinski definition) is 10. The Hall–Kier alpha value is -1.09. The summed E-state index contributed by atoms with van der Waals surface area (Å²) in [5, 5.41) is 98.5. The zero-order valence-electron chi connectivity index (χ0n) is 16.9. The van der Waals surface area contributed by atoms with Crippen molar-refractivity contribution >= 4 is 5.97 Å². The molecule has 14 atom stereocenters. The molecule has 3 aliphatic rings. The largest absolute Gasteiger partial charge is 0.479 e. The fourth-order valence-corrected chi connectivity index (χ4v) is 3.81. The smallest absolute Gasteiger partial charge is 0.335 e. The summed E-state index contributed by atoms with van der Waals surface area (Å²) in [6.07, 6.45) is -24.9. The lowest BCUT2D eigenvalue weighted by molar-refractivity contribution is -0.372. The maximum atomic E-state index is 11.4. The number of aliphatic hydroxyl groups is 9. The Balaban J connectivity index is 1.83. The Morgan fingerprint density at radius 1 is 0.636 bits per heavy atom. The summed E-state index contributed by atoms with van der Waals surface area (Å²) in [6.45, 7) is -1.50. The molecule has 33 heavy (non-hydrogen) atoms. The van der Waals surface area contributed by atoms with E-state index in [0.717, 1.165) is 0 Å². The third-order valence-electron chi connectivity index (χ3n) is 5.71. The van der Waals surface area contributed by atoms with Crippen molar-refractivity contribution in [1.29, 1.82) is 0 Å². The molecule has 16 heteroatoms. The first-order valence-electron chi connectivity index (χ1n) is 10.00. The Labute approximate surface area is 185 Å². The van der Waals surface area contributed by atoms with Gasteiger partial charge in [-0.1, -0.05) is 0 Å². The van der Waals surface area contributed by atoms with Gasteiger partial charge in [0.25, 0.3) is 0 Å². The predicted molar refractivity (Wildman–Crippen MR) is 95.8 cm³/mol. The van der Waals surface area contributed by atoms with Crippen molar-refractivity contribution in [2.75, 3.05) is 13.2 Å². The van der Waals surface area contributed by atoms with Gasteiger partial charge in [0, 0.05) is 0 Å². The average Bonchev–Trinajstić information content (AvgIpc) is 3.05. The van der Waals surface area contributed by atoms with Crippen LogP contribution in [0.2, 0.25) is 0 Å². The molecule has 10 N–H and O–H groups in total. The van der Waals surface area contributed by atoms with E-state index in [2.05, 4.69) is 0 Å². The highest BCUT2D eigenvalue weighted by Crippen LogP contribution is 2.33. The summed E-state index contributed by atoms with van der Waals surface area (Å²) < 4.78 is 26.0. The van der Waals surface area contributed by atoms with Gasteiger partial charge in [-0.2, -0.15) is 0 Å². The van der Waals surface area contributed by atoms with Crippen LogP contribution < -0.4 is 0 Å². The van der Waals surface area contributed by atoms with Crippen LogP contribution in [0.3, 0.4) is 0 Å². The van der Waals surface area contributed by atoms with Crippen LogP contribution in [0.25, 0.3) is 0 Å². The van der Waals surface area contributed by atoms with Gasteiger partial charge in [-0.3, -0.25) is 0 Å². The molecule has 3 fully saturated rings. The molecule has 3 heterocycles. The van der Waals surface area contributed by atoms with Crippen molar-refractivity contribution < 1.29 is 79.5 Å². The van der Waals surface area contributed by atoms with E-state index in [1.807, 2.05) is 0 Å². The molecule has 192 valence electrons. The van der Waals surface area contributed by atoms with Gasteiger partial charge < -0.3 is 74.7 Å². The van der Waals surface area contributed by atoms with E-state index in [9.17, 15) is 55.9 Å². The maximum Gasteiger partial charge on any atom is 0.335 e. The first-order chi connectivity index (χ1) is 15.5. The molecule has 16 nitrogen and oxygen atoms in total. The third kappa shape index (κ3) is 5.14. The van der Waals surface area contributed by atoms with E-state index in [0.29, 0.717) is 0 Å². The van der Waals surface area contributed by atoms with Gasteiger partial charge in [0.2, 0.25) is 0 Å². The van der Waals surface area contributed by atoms with Crippen LogP contribution in [0.5, 0.6) is 0 Å². The standard InChI is InChI=1S/C17H28O16/c18-1-3-5(20)7(22)9(24)17(29-3)33-13-11(10(25)12(14(26)27)31-15(13)28)32-16-8(23)6(21)4(2-19)30-16/h3-13,15-25,28H,1-2H2,(H,26,27)/t3-,4+,5-,6+,7+,8-,9-,10+,11+,12+,13-,15?,16+,17+/m1/s1. The number of ether oxygens (including phenoxy) is 5. The highest BCUT2D eigenvalue weighted by Gasteiger charge is 2.55. The topological polar surface area (TPSA) is 266 Å². The minimum Gasteiger partial charge on any atom is -0.479 e. The Morgan fingerprint density at radius 2 is 1.09 bits per heavy atom. The molecular weight excluding hydrogens is 460 g/mol. The Kier molecular flexibility index (Phi) is 8.57. The molecule has 3 aliphatic heterocycles. The minimum atomic E-state index is -2.12. The molecule has 0 aliphatic carbocycles. The van der Waals surface area contributed by atoms with Crippen LogP contribution in [-0.4, -0.2) is 156 Å². The molecule has 0 aromatic heterocycles. The summed E-state index contributed by atoms with van der Waals surface area (Å²) in [6, 6.07) is 0. The Bertz CT molecular complexity index is 663. The van der Waals surface area contributed by atoms with E-state index < -0.39 is 105 Å². The number of rotatable bonds is 7. The third-order valence-corrected chi connectivity index (χ3v) is 5.71. The van der Waals surface area contributed by atoms with Gasteiger partial charge >= 0.3 is 5.97 Å². The number of carboxylic acid groups (broad SMARTS) is 1. The van der Waals surface area contributed by atoms with Crippen molar-refractivity contribution in [3.05, 3.63) is 0 Å². The molecule has 1 unspecified atom stereocenters. The number of hydrogen-bond acceptors (Lipinski definition) is 15. The molecule has 0 spiro atoms. The van der Waals surface area contributed by atoms with Crippen LogP contribution in [0.4, 0.5) is 0 Å². The van der Waals surface area contributed by atoms with Crippen molar-refractivity contribution in [3.8, 4) is 0 Å². The van der Waals surface area contributed by atoms with Gasteiger partial charge in [-0.05, 0) is 0 Å². The van der Waals surface area contributed by atoms with Crippen LogP contribution in [-0.2, 0) is 28.5 Å². The summed E-state index contributed by atoms with van der Waals surface area (Å²) in [7, 11) is 0. The lowest BCUT2D eigenvalue weighted by Gasteiger charge is -2.46. The van der Waals surface area contributed by atoms with Crippen LogP contribution in [0.15, 0.2) is 0 Å². The molecular formula is C17H28O16. The van der Waals surface area contributed by atoms with Gasteiger partial charge in [-0.15, -0.1) is 0 Å². The van der Waals surface area contributed by atoms with Crippen molar-refractivity contribution in [1.82, 2.24) is 0 Å². The average molecular weight is 488 g/mol. The van der Waals surface area contributed by atoms with Gasteiger partial charge in [-0.25, -0.2) is 4.79 Å². The number of aliphatic carboxylic acids is 1. The first kappa shape index (κ1) is 26.5. The second-order valence-corrected chi connectivity index (χ2v) is 7.88. The number of carbonyl (C=O) groups is 1. The molecule has 0 saturated carbocycles. The zero-order chi connectivity index (χ0) is 24.6. The molecule has 3 saturated heterocycles. The molecule has 0 aromatic carbocycles. The lowest BCUT2D eigenvalue weighted by Crippen LogP contribution is -2.65. The highest BCUT2D eigenvalue weighted by molar-refractivity contribution is 5.73. The summed E-state index contributed by atoms with van der Waals surface area (Å²) in [4.78, 5) is 11.4. The Morgan fingerprint density at radius 3 is 1.58 bits per heavy atom. The zero-order valence-corrected chi connectivity index (χ0v) is 16.9. The van der Waals surface area contributed by atoms with Crippen LogP contribution in [0.1, 0.15) is 0 Å². The summed E-state index contributed by atoms with van der Waals surface area (Å²) in [5.41, 5.74) is 0. The predicted octanol–water partition coefficient (Wildman–Crippen LogP) is -6.84. The maximum absolute atomic E-state index is 11.4. The lowest BCUT2D eigenvalue weighted by atomic mass is 9.97. The second-order valence-electron chi connectivity index (χ2n) is 7.88. The van der Waals surface area contributed by atoms with Crippen LogP contribution in [0, 0.1) is 0 Å². The summed E-state index contributed by atoms with van der Waals surface area (Å²) >= 11 is 0. The minimum absolute atomic E-state index is 0.709. The summed E-state index contributed by atoms with van der Waals surface area (Å²) in [5.74, 6) is -1.69. The molecule has 3 rings (SSSR count). The SMILES string of the molecule is O=C(O)[C@H]1OC(O)[C@H](O[C@@H]2O[C@H](CO)[C@@H](O)[C@H](O)[C@H]2O)[C@@H](O[C@@H]2O[C@@H](CO)[C@H](O)[C@H]2O)[C@@H]1O. The fraction of sp³-hybridized carbons (Fsp3) is 0.941. The molecule has 0 radical (unpaired) electrons.